The topological polar surface area (TPSA) is 81.4 Å². The molecule has 0 radical (unpaired) electrons. The van der Waals surface area contributed by atoms with Gasteiger partial charge in [0.25, 0.3) is 0 Å². The highest BCUT2D eigenvalue weighted by Crippen LogP contribution is 2.53. The van der Waals surface area contributed by atoms with Gasteiger partial charge in [0.05, 0.1) is 6.10 Å². The highest BCUT2D eigenvalue weighted by Gasteiger charge is 2.60. The van der Waals surface area contributed by atoms with Gasteiger partial charge < -0.3 is 15.6 Å². The van der Waals surface area contributed by atoms with Gasteiger partial charge in [-0.25, -0.2) is 0 Å². The van der Waals surface area contributed by atoms with Gasteiger partial charge in [0.2, 0.25) is 0 Å². The molecule has 0 aromatic carbocycles. The molecule has 1 fully saturated rings. The fraction of sp³-hybridized carbons (Fsp3) is 0.846. The molecule has 4 nitrogen and oxygen atoms in total. The summed E-state index contributed by atoms with van der Waals surface area (Å²) >= 11 is 0. The van der Waals surface area contributed by atoms with Crippen LogP contribution in [0.5, 0.6) is 0 Å². The Labute approximate surface area is 103 Å². The van der Waals surface area contributed by atoms with Crippen molar-refractivity contribution < 1.29 is 15.0 Å². The Morgan fingerprint density at radius 3 is 2.53 bits per heavy atom. The van der Waals surface area contributed by atoms with Crippen molar-refractivity contribution in [2.45, 2.75) is 53.1 Å². The van der Waals surface area contributed by atoms with Crippen LogP contribution in [-0.4, -0.2) is 28.0 Å². The number of aliphatic hydroxyl groups is 1. The van der Waals surface area contributed by atoms with Crippen LogP contribution < -0.4 is 0 Å². The molecule has 0 aromatic rings. The largest absolute Gasteiger partial charge is 0.481 e. The Balaban J connectivity index is 3.31. The number of aliphatic carboxylic acids is 1. The van der Waals surface area contributed by atoms with Crippen molar-refractivity contribution in [1.82, 2.24) is 0 Å². The average Bonchev–Trinajstić information content (AvgIpc) is 2.25. The molecule has 4 heteroatoms. The van der Waals surface area contributed by atoms with Gasteiger partial charge >= 0.3 is 5.97 Å². The van der Waals surface area contributed by atoms with E-state index in [1.807, 2.05) is 6.92 Å². The van der Waals surface area contributed by atoms with Crippen LogP contribution in [0.25, 0.3) is 0 Å². The third kappa shape index (κ3) is 1.79. The van der Waals surface area contributed by atoms with E-state index in [-0.39, 0.29) is 5.92 Å². The summed E-state index contributed by atoms with van der Waals surface area (Å²) in [7, 11) is 0. The van der Waals surface area contributed by atoms with Gasteiger partial charge in [-0.2, -0.15) is 0 Å². The van der Waals surface area contributed by atoms with E-state index >= 15 is 0 Å². The summed E-state index contributed by atoms with van der Waals surface area (Å²) in [6, 6.07) is 0. The lowest BCUT2D eigenvalue weighted by atomic mass is 9.52. The van der Waals surface area contributed by atoms with E-state index in [2.05, 4.69) is 0 Å². The van der Waals surface area contributed by atoms with Gasteiger partial charge in [0.15, 0.2) is 0 Å². The van der Waals surface area contributed by atoms with Gasteiger partial charge in [-0.15, -0.1) is 0 Å². The summed E-state index contributed by atoms with van der Waals surface area (Å²) in [4.78, 5) is 11.7. The zero-order chi connectivity index (χ0) is 13.4. The third-order valence-electron chi connectivity index (χ3n) is 4.59. The van der Waals surface area contributed by atoms with Gasteiger partial charge in [0.1, 0.15) is 5.41 Å². The number of carbonyl (C=O) groups is 1. The van der Waals surface area contributed by atoms with Crippen LogP contribution in [-0.2, 0) is 4.79 Å². The summed E-state index contributed by atoms with van der Waals surface area (Å²) < 4.78 is 0. The number of rotatable bonds is 3. The van der Waals surface area contributed by atoms with E-state index in [1.54, 1.807) is 20.8 Å². The van der Waals surface area contributed by atoms with Crippen LogP contribution in [0.15, 0.2) is 0 Å². The van der Waals surface area contributed by atoms with Crippen molar-refractivity contribution in [2.75, 3.05) is 0 Å². The molecule has 3 atom stereocenters. The van der Waals surface area contributed by atoms with Crippen molar-refractivity contribution in [3.05, 3.63) is 0 Å². The first-order chi connectivity index (χ1) is 7.71. The second-order valence-electron chi connectivity index (χ2n) is 5.68. The lowest BCUT2D eigenvalue weighted by Gasteiger charge is -2.51. The molecular weight excluding hydrogens is 218 g/mol. The summed E-state index contributed by atoms with van der Waals surface area (Å²) in [6.07, 6.45) is 0.597. The van der Waals surface area contributed by atoms with Crippen molar-refractivity contribution in [3.8, 4) is 0 Å². The molecule has 3 unspecified atom stereocenters. The molecule has 1 saturated carbocycles. The second-order valence-corrected chi connectivity index (χ2v) is 5.68. The Hall–Kier alpha value is -0.900. The summed E-state index contributed by atoms with van der Waals surface area (Å²) in [5, 5.41) is 27.9. The third-order valence-corrected chi connectivity index (χ3v) is 4.59. The minimum atomic E-state index is -1.22. The molecule has 1 aliphatic carbocycles. The van der Waals surface area contributed by atoms with Crippen LogP contribution in [0.4, 0.5) is 0 Å². The number of carboxylic acids is 1. The predicted octanol–water partition coefficient (Wildman–Crippen LogP) is 2.30. The molecule has 0 aromatic heterocycles. The zero-order valence-electron chi connectivity index (χ0n) is 11.1. The molecule has 0 saturated heterocycles. The fourth-order valence-electron chi connectivity index (χ4n) is 3.21. The van der Waals surface area contributed by atoms with Crippen LogP contribution >= 0.6 is 0 Å². The lowest BCUT2D eigenvalue weighted by Crippen LogP contribution is -2.59. The Morgan fingerprint density at radius 2 is 2.12 bits per heavy atom. The normalized spacial score (nSPS) is 34.4. The second kappa shape index (κ2) is 4.41. The maximum atomic E-state index is 11.7. The van der Waals surface area contributed by atoms with Gasteiger partial charge in [0, 0.05) is 11.1 Å². The number of nitrogens with one attached hydrogen (secondary N) is 1. The van der Waals surface area contributed by atoms with E-state index in [9.17, 15) is 15.0 Å². The first kappa shape index (κ1) is 14.2. The molecule has 0 spiro atoms. The average molecular weight is 241 g/mol. The molecule has 17 heavy (non-hydrogen) atoms. The number of aliphatic hydroxyl groups excluding tert-OH is 1. The molecule has 1 aliphatic rings. The number of hydrogen-bond donors (Lipinski definition) is 3. The number of carboxylic acid groups (broad SMARTS) is 1. The summed E-state index contributed by atoms with van der Waals surface area (Å²) in [5.74, 6) is -0.880. The lowest BCUT2D eigenvalue weighted by molar-refractivity contribution is -0.168. The minimum absolute atomic E-state index is 0.0986. The molecule has 0 heterocycles. The Kier molecular flexibility index (Phi) is 3.67. The van der Waals surface area contributed by atoms with Crippen LogP contribution in [0.2, 0.25) is 0 Å². The zero-order valence-corrected chi connectivity index (χ0v) is 11.1. The summed E-state index contributed by atoms with van der Waals surface area (Å²) in [5.41, 5.74) is -1.57. The van der Waals surface area contributed by atoms with Crippen LogP contribution in [0.3, 0.4) is 0 Å². The predicted molar refractivity (Wildman–Crippen MR) is 66.3 cm³/mol. The maximum Gasteiger partial charge on any atom is 0.313 e. The van der Waals surface area contributed by atoms with Gasteiger partial charge in [-0.05, 0) is 25.2 Å². The minimum Gasteiger partial charge on any atom is -0.481 e. The molecule has 98 valence electrons. The highest BCUT2D eigenvalue weighted by atomic mass is 16.4. The number of hydrogen-bond acceptors (Lipinski definition) is 3. The molecule has 3 N–H and O–H groups in total. The molecule has 0 amide bonds. The van der Waals surface area contributed by atoms with Gasteiger partial charge in [-0.3, -0.25) is 4.79 Å². The molecule has 0 aliphatic heterocycles. The van der Waals surface area contributed by atoms with Crippen molar-refractivity contribution in [1.29, 1.82) is 5.41 Å². The van der Waals surface area contributed by atoms with E-state index in [0.29, 0.717) is 25.0 Å². The molecule has 1 rings (SSSR count). The van der Waals surface area contributed by atoms with Crippen LogP contribution in [0.1, 0.15) is 47.0 Å². The van der Waals surface area contributed by atoms with E-state index < -0.39 is 22.9 Å². The van der Waals surface area contributed by atoms with Gasteiger partial charge in [-0.1, -0.05) is 27.7 Å². The smallest absolute Gasteiger partial charge is 0.313 e. The van der Waals surface area contributed by atoms with E-state index in [4.69, 9.17) is 5.41 Å². The fourth-order valence-corrected chi connectivity index (χ4v) is 3.21. The molecule has 0 bridgehead atoms. The highest BCUT2D eigenvalue weighted by molar-refractivity contribution is 5.96. The monoisotopic (exact) mass is 241 g/mol. The standard InChI is InChI=1S/C13H23NO3/c1-5-9(15)13(11(16)17)7-6-8(2)10(14)12(13,3)4/h8-9,14-15H,5-7H2,1-4H3,(H,16,17). The summed E-state index contributed by atoms with van der Waals surface area (Å²) in [6.45, 7) is 7.29. The Bertz CT molecular complexity index is 338. The Morgan fingerprint density at radius 1 is 1.59 bits per heavy atom. The quantitative estimate of drug-likeness (QED) is 0.709. The SMILES string of the molecule is CCC(O)C1(C(=O)O)CCC(C)C(=N)C1(C)C. The van der Waals surface area contributed by atoms with Crippen molar-refractivity contribution >= 4 is 11.7 Å². The van der Waals surface area contributed by atoms with E-state index in [1.165, 1.54) is 0 Å². The van der Waals surface area contributed by atoms with E-state index in [0.717, 1.165) is 0 Å². The molecular formula is C13H23NO3. The first-order valence-corrected chi connectivity index (χ1v) is 6.22. The van der Waals surface area contributed by atoms with Crippen LogP contribution in [0, 0.1) is 22.2 Å². The maximum absolute atomic E-state index is 11.7. The van der Waals surface area contributed by atoms with Crippen molar-refractivity contribution in [2.24, 2.45) is 16.7 Å². The van der Waals surface area contributed by atoms with Crippen molar-refractivity contribution in [3.63, 3.8) is 0 Å². The first-order valence-electron chi connectivity index (χ1n) is 6.22.